The average Bonchev–Trinajstić information content (AvgIpc) is 3.39. The van der Waals surface area contributed by atoms with Crippen molar-refractivity contribution in [1.29, 1.82) is 0 Å². The van der Waals surface area contributed by atoms with Gasteiger partial charge >= 0.3 is 5.97 Å². The number of carbonyl (C=O) groups is 3. The Morgan fingerprint density at radius 3 is 2.85 bits per heavy atom. The zero-order chi connectivity index (χ0) is 23.7. The van der Waals surface area contributed by atoms with Crippen LogP contribution in [0, 0.1) is 4.91 Å². The number of aromatic nitrogens is 4. The number of carbonyl (C=O) groups excluding carboxylic acids is 2. The fourth-order valence-electron chi connectivity index (χ4n) is 3.15. The van der Waals surface area contributed by atoms with Crippen molar-refractivity contribution in [3.05, 3.63) is 32.9 Å². The van der Waals surface area contributed by atoms with Gasteiger partial charge in [0.25, 0.3) is 11.8 Å². The number of aliphatic carboxylic acids is 1. The molecule has 0 bridgehead atoms. The van der Waals surface area contributed by atoms with Crippen LogP contribution in [0.3, 0.4) is 0 Å². The first-order valence-electron chi connectivity index (χ1n) is 9.16. The third-order valence-electron chi connectivity index (χ3n) is 4.70. The largest absolute Gasteiger partial charge is 0.477 e. The molecule has 1 fully saturated rings. The van der Waals surface area contributed by atoms with E-state index in [9.17, 15) is 24.4 Å². The van der Waals surface area contributed by atoms with E-state index in [1.165, 1.54) is 45.6 Å². The number of carboxylic acids is 1. The van der Waals surface area contributed by atoms with Crippen molar-refractivity contribution in [2.75, 3.05) is 16.6 Å². The maximum Gasteiger partial charge on any atom is 0.353 e. The molecule has 2 aromatic rings. The summed E-state index contributed by atoms with van der Waals surface area (Å²) in [5.74, 6) is -2.24. The number of nitrogen functional groups attached to an aromatic ring is 1. The molecule has 13 nitrogen and oxygen atoms in total. The molecule has 4 N–H and O–H groups in total. The van der Waals surface area contributed by atoms with Gasteiger partial charge in [0.05, 0.1) is 10.8 Å². The van der Waals surface area contributed by atoms with Crippen molar-refractivity contribution in [3.63, 3.8) is 0 Å². The molecule has 0 spiro atoms. The summed E-state index contributed by atoms with van der Waals surface area (Å²) in [5, 5.41) is 25.0. The molecule has 1 saturated heterocycles. The summed E-state index contributed by atoms with van der Waals surface area (Å²) in [6.07, 6.45) is 1.57. The smallest absolute Gasteiger partial charge is 0.353 e. The highest BCUT2D eigenvalue weighted by Crippen LogP contribution is 2.44. The third-order valence-corrected chi connectivity index (χ3v) is 9.11. The van der Waals surface area contributed by atoms with Crippen molar-refractivity contribution in [2.24, 2.45) is 12.2 Å². The molecule has 3 atom stereocenters. The minimum atomic E-state index is -1.45. The van der Waals surface area contributed by atoms with Gasteiger partial charge in [0.2, 0.25) is 6.04 Å². The molecule has 17 heteroatoms. The SMILES string of the molecule is Cn1cnnc1SCSC1=C(C(=O)O)N2C(=O)[C@@H](NC(=O)C(N=O)c3csc(N)n3)[C@@H]2SC1. The standard InChI is InChI=1S/C16H16N8O5S4/c1-23-4-18-21-16(23)33-5-32-7-3-30-13-9(12(26)24(13)10(7)14(27)28)20-11(25)8(22-29)6-2-31-15(17)19-6/h2,4,8-9,13H,3,5H2,1H3,(H2,17,19)(H,20,25)(H,27,28)/t8?,9-,13+/m1/s1. The van der Waals surface area contributed by atoms with Crippen LogP contribution in [0.15, 0.2) is 32.6 Å². The van der Waals surface area contributed by atoms with Gasteiger partial charge in [-0.05, 0) is 5.18 Å². The Kier molecular flexibility index (Phi) is 6.91. The van der Waals surface area contributed by atoms with Crippen LogP contribution < -0.4 is 11.1 Å². The highest BCUT2D eigenvalue weighted by molar-refractivity contribution is 8.18. The molecule has 0 saturated carbocycles. The summed E-state index contributed by atoms with van der Waals surface area (Å²) in [4.78, 5) is 54.1. The number of nitrogens with zero attached hydrogens (tertiary/aromatic N) is 6. The van der Waals surface area contributed by atoms with Gasteiger partial charge in [-0.1, -0.05) is 11.8 Å². The van der Waals surface area contributed by atoms with Gasteiger partial charge in [-0.25, -0.2) is 9.78 Å². The van der Waals surface area contributed by atoms with Crippen LogP contribution >= 0.6 is 46.6 Å². The molecule has 174 valence electrons. The Morgan fingerprint density at radius 1 is 1.45 bits per heavy atom. The maximum absolute atomic E-state index is 12.8. The molecule has 2 aliphatic heterocycles. The summed E-state index contributed by atoms with van der Waals surface area (Å²) >= 11 is 5.09. The second-order valence-electron chi connectivity index (χ2n) is 6.72. The molecule has 2 amide bonds. The van der Waals surface area contributed by atoms with Gasteiger partial charge in [-0.15, -0.1) is 50.0 Å². The van der Waals surface area contributed by atoms with Crippen molar-refractivity contribution in [3.8, 4) is 0 Å². The van der Waals surface area contributed by atoms with Crippen LogP contribution in [0.25, 0.3) is 0 Å². The number of hydrogen-bond acceptors (Lipinski definition) is 13. The Morgan fingerprint density at radius 2 is 2.24 bits per heavy atom. The van der Waals surface area contributed by atoms with Crippen molar-refractivity contribution in [2.45, 2.75) is 22.6 Å². The number of nitroso groups, excluding NO2 is 1. The Hall–Kier alpha value is -2.63. The first-order chi connectivity index (χ1) is 15.8. The van der Waals surface area contributed by atoms with E-state index < -0.39 is 35.2 Å². The highest BCUT2D eigenvalue weighted by Gasteiger charge is 2.54. The van der Waals surface area contributed by atoms with Crippen LogP contribution in [-0.4, -0.2) is 69.8 Å². The van der Waals surface area contributed by atoms with Crippen LogP contribution in [-0.2, 0) is 21.4 Å². The number of thiazole rings is 1. The van der Waals surface area contributed by atoms with Gasteiger partial charge < -0.3 is 20.7 Å². The number of aryl methyl sites for hydroxylation is 1. The van der Waals surface area contributed by atoms with E-state index in [1.807, 2.05) is 0 Å². The number of carboxylic acid groups (broad SMARTS) is 1. The second kappa shape index (κ2) is 9.70. The fraction of sp³-hybridized carbons (Fsp3) is 0.375. The van der Waals surface area contributed by atoms with E-state index in [1.54, 1.807) is 17.9 Å². The lowest BCUT2D eigenvalue weighted by atomic mass is 10.0. The zero-order valence-corrected chi connectivity index (χ0v) is 20.0. The lowest BCUT2D eigenvalue weighted by molar-refractivity contribution is -0.150. The van der Waals surface area contributed by atoms with Crippen molar-refractivity contribution < 1.29 is 19.5 Å². The normalized spacial score (nSPS) is 20.8. The number of rotatable bonds is 9. The molecule has 1 unspecified atom stereocenters. The summed E-state index contributed by atoms with van der Waals surface area (Å²) < 4.78 is 1.75. The molecule has 33 heavy (non-hydrogen) atoms. The molecule has 4 heterocycles. The summed E-state index contributed by atoms with van der Waals surface area (Å²) in [6, 6.07) is -2.43. The van der Waals surface area contributed by atoms with Gasteiger partial charge in [-0.2, -0.15) is 0 Å². The van der Waals surface area contributed by atoms with E-state index in [-0.39, 0.29) is 16.5 Å². The summed E-state index contributed by atoms with van der Waals surface area (Å²) in [6.45, 7) is 0. The van der Waals surface area contributed by atoms with Crippen molar-refractivity contribution in [1.82, 2.24) is 30.0 Å². The topological polar surface area (TPSA) is 186 Å². The van der Waals surface area contributed by atoms with E-state index in [0.29, 0.717) is 20.9 Å². The molecule has 0 aromatic carbocycles. The summed E-state index contributed by atoms with van der Waals surface area (Å²) in [7, 11) is 1.80. The second-order valence-corrected chi connectivity index (χ2v) is 11.1. The van der Waals surface area contributed by atoms with Gasteiger partial charge in [0.1, 0.15) is 23.4 Å². The minimum absolute atomic E-state index is 0.0927. The van der Waals surface area contributed by atoms with E-state index in [4.69, 9.17) is 5.73 Å². The highest BCUT2D eigenvalue weighted by atomic mass is 32.2. The number of nitrogens with two attached hydrogens (primary N) is 1. The van der Waals surface area contributed by atoms with E-state index >= 15 is 0 Å². The van der Waals surface area contributed by atoms with Gasteiger partial charge in [-0.3, -0.25) is 14.5 Å². The molecule has 2 aromatic heterocycles. The monoisotopic (exact) mass is 528 g/mol. The first kappa shape index (κ1) is 23.5. The van der Waals surface area contributed by atoms with Gasteiger partial charge in [0.15, 0.2) is 10.3 Å². The lowest BCUT2D eigenvalue weighted by Gasteiger charge is -2.49. The molecule has 0 radical (unpaired) electrons. The minimum Gasteiger partial charge on any atom is -0.477 e. The van der Waals surface area contributed by atoms with Crippen LogP contribution in [0.4, 0.5) is 5.13 Å². The lowest BCUT2D eigenvalue weighted by Crippen LogP contribution is -2.70. The maximum atomic E-state index is 12.8. The number of fused-ring (bicyclic) bond motifs is 1. The average molecular weight is 529 g/mol. The predicted molar refractivity (Wildman–Crippen MR) is 124 cm³/mol. The van der Waals surface area contributed by atoms with Crippen LogP contribution in [0.1, 0.15) is 11.7 Å². The summed E-state index contributed by atoms with van der Waals surface area (Å²) in [5.41, 5.74) is 5.53. The number of anilines is 1. The Labute approximate surface area is 202 Å². The first-order valence-corrected chi connectivity index (χ1v) is 13.1. The fourth-order valence-corrected chi connectivity index (χ4v) is 7.37. The number of hydrogen-bond donors (Lipinski definition) is 3. The van der Waals surface area contributed by atoms with E-state index in [0.717, 1.165) is 11.3 Å². The van der Waals surface area contributed by atoms with Gasteiger partial charge in [0, 0.05) is 23.1 Å². The van der Waals surface area contributed by atoms with E-state index in [2.05, 4.69) is 25.7 Å². The van der Waals surface area contributed by atoms with Crippen LogP contribution in [0.5, 0.6) is 0 Å². The number of amides is 2. The Balaban J connectivity index is 1.43. The number of thioether (sulfide) groups is 3. The quantitative estimate of drug-likeness (QED) is 0.180. The van der Waals surface area contributed by atoms with Crippen molar-refractivity contribution >= 4 is 69.5 Å². The molecule has 0 aliphatic carbocycles. The third kappa shape index (κ3) is 4.57. The molecular weight excluding hydrogens is 512 g/mol. The molecule has 4 rings (SSSR count). The predicted octanol–water partition coefficient (Wildman–Crippen LogP) is 0.840. The number of nitrogens with one attached hydrogen (secondary N) is 1. The van der Waals surface area contributed by atoms with Crippen LogP contribution in [0.2, 0.25) is 0 Å². The number of β-lactam (4-membered cyclic amide) rings is 1. The molecular formula is C16H16N8O5S4. The zero-order valence-electron chi connectivity index (χ0n) is 16.8. The molecule has 2 aliphatic rings. The Bertz CT molecular complexity index is 1150.